The van der Waals surface area contributed by atoms with Gasteiger partial charge in [0.05, 0.1) is 0 Å². The molecule has 2 saturated carbocycles. The second kappa shape index (κ2) is 5.75. The molecule has 2 nitrogen and oxygen atoms in total. The second-order valence-corrected chi connectivity index (χ2v) is 6.96. The van der Waals surface area contributed by atoms with Crippen LogP contribution in [-0.4, -0.2) is 19.2 Å². The van der Waals surface area contributed by atoms with Gasteiger partial charge in [0.15, 0.2) is 0 Å². The predicted octanol–water partition coefficient (Wildman–Crippen LogP) is 4.68. The van der Waals surface area contributed by atoms with Gasteiger partial charge in [0, 0.05) is 27.9 Å². The molecular formula is C16H21Cl2NO. The van der Waals surface area contributed by atoms with Crippen LogP contribution in [0.3, 0.4) is 0 Å². The lowest BCUT2D eigenvalue weighted by molar-refractivity contribution is -0.100. The third kappa shape index (κ3) is 2.54. The third-order valence-electron chi connectivity index (χ3n) is 5.03. The van der Waals surface area contributed by atoms with Crippen LogP contribution in [0.4, 0.5) is 0 Å². The maximum absolute atomic E-state index is 6.23. The van der Waals surface area contributed by atoms with E-state index in [1.165, 1.54) is 32.1 Å². The van der Waals surface area contributed by atoms with Crippen LogP contribution in [-0.2, 0) is 0 Å². The standard InChI is InChI=1S/C16H21Cl2NO/c1-19-14-10-15(16(14)5-3-2-4-6-16)20-13-8-11(17)7-12(18)9-13/h7-9,14-15,19H,2-6,10H2,1H3. The molecule has 110 valence electrons. The number of nitrogens with one attached hydrogen (secondary N) is 1. The summed E-state index contributed by atoms with van der Waals surface area (Å²) in [7, 11) is 2.06. The number of benzene rings is 1. The molecule has 1 aromatic carbocycles. The normalized spacial score (nSPS) is 28.1. The van der Waals surface area contributed by atoms with Gasteiger partial charge >= 0.3 is 0 Å². The number of hydrogen-bond acceptors (Lipinski definition) is 2. The van der Waals surface area contributed by atoms with Gasteiger partial charge in [-0.2, -0.15) is 0 Å². The monoisotopic (exact) mass is 313 g/mol. The molecule has 0 aromatic heterocycles. The van der Waals surface area contributed by atoms with Crippen molar-refractivity contribution in [2.75, 3.05) is 7.05 Å². The highest BCUT2D eigenvalue weighted by atomic mass is 35.5. The zero-order valence-corrected chi connectivity index (χ0v) is 13.3. The van der Waals surface area contributed by atoms with Gasteiger partial charge < -0.3 is 10.1 Å². The maximum Gasteiger partial charge on any atom is 0.122 e. The first kappa shape index (κ1) is 14.5. The third-order valence-corrected chi connectivity index (χ3v) is 5.47. The Morgan fingerprint density at radius 3 is 2.35 bits per heavy atom. The molecule has 0 bridgehead atoms. The van der Waals surface area contributed by atoms with E-state index in [0.717, 1.165) is 12.2 Å². The van der Waals surface area contributed by atoms with Crippen LogP contribution in [0.15, 0.2) is 18.2 Å². The Balaban J connectivity index is 1.76. The Bertz CT molecular complexity index is 465. The lowest BCUT2D eigenvalue weighted by Gasteiger charge is -2.57. The molecule has 1 N–H and O–H groups in total. The minimum absolute atomic E-state index is 0.287. The highest BCUT2D eigenvalue weighted by Crippen LogP contribution is 2.53. The van der Waals surface area contributed by atoms with Crippen molar-refractivity contribution in [3.05, 3.63) is 28.2 Å². The Morgan fingerprint density at radius 1 is 1.10 bits per heavy atom. The number of rotatable bonds is 3. The molecule has 2 fully saturated rings. The Labute approximate surface area is 130 Å². The van der Waals surface area contributed by atoms with Gasteiger partial charge in [-0.15, -0.1) is 0 Å². The van der Waals surface area contributed by atoms with E-state index < -0.39 is 0 Å². The summed E-state index contributed by atoms with van der Waals surface area (Å²) in [5, 5.41) is 4.74. The number of hydrogen-bond donors (Lipinski definition) is 1. The predicted molar refractivity (Wildman–Crippen MR) is 83.9 cm³/mol. The highest BCUT2D eigenvalue weighted by Gasteiger charge is 2.55. The van der Waals surface area contributed by atoms with E-state index in [-0.39, 0.29) is 6.10 Å². The van der Waals surface area contributed by atoms with E-state index in [9.17, 15) is 0 Å². The van der Waals surface area contributed by atoms with Crippen molar-refractivity contribution < 1.29 is 4.74 Å². The van der Waals surface area contributed by atoms with E-state index >= 15 is 0 Å². The average molecular weight is 314 g/mol. The Hall–Kier alpha value is -0.440. The van der Waals surface area contributed by atoms with Crippen LogP contribution < -0.4 is 10.1 Å². The lowest BCUT2D eigenvalue weighted by Crippen LogP contribution is -2.64. The van der Waals surface area contributed by atoms with Crippen LogP contribution in [0.5, 0.6) is 5.75 Å². The van der Waals surface area contributed by atoms with Gasteiger partial charge in [-0.1, -0.05) is 42.5 Å². The molecule has 1 aromatic rings. The zero-order valence-electron chi connectivity index (χ0n) is 11.8. The smallest absolute Gasteiger partial charge is 0.122 e. The Kier molecular flexibility index (Phi) is 4.16. The molecule has 2 aliphatic carbocycles. The van der Waals surface area contributed by atoms with Crippen molar-refractivity contribution in [1.29, 1.82) is 0 Å². The molecular weight excluding hydrogens is 293 g/mol. The van der Waals surface area contributed by atoms with Crippen LogP contribution in [0.1, 0.15) is 38.5 Å². The summed E-state index contributed by atoms with van der Waals surface area (Å²) >= 11 is 12.1. The van der Waals surface area contributed by atoms with Gasteiger partial charge in [0.2, 0.25) is 0 Å². The van der Waals surface area contributed by atoms with Crippen molar-refractivity contribution in [3.8, 4) is 5.75 Å². The van der Waals surface area contributed by atoms with E-state index in [2.05, 4.69) is 12.4 Å². The van der Waals surface area contributed by atoms with E-state index in [0.29, 0.717) is 21.5 Å². The minimum atomic E-state index is 0.287. The molecule has 0 radical (unpaired) electrons. The molecule has 0 aliphatic heterocycles. The van der Waals surface area contributed by atoms with Gasteiger partial charge in [-0.25, -0.2) is 0 Å². The number of halogens is 2. The maximum atomic E-state index is 6.23. The van der Waals surface area contributed by atoms with Crippen molar-refractivity contribution >= 4 is 23.2 Å². The molecule has 2 atom stereocenters. The summed E-state index contributed by atoms with van der Waals surface area (Å²) < 4.78 is 6.23. The number of ether oxygens (including phenoxy) is 1. The fourth-order valence-corrected chi connectivity index (χ4v) is 4.47. The van der Waals surface area contributed by atoms with E-state index in [4.69, 9.17) is 27.9 Å². The summed E-state index contributed by atoms with van der Waals surface area (Å²) in [6, 6.07) is 6.04. The lowest BCUT2D eigenvalue weighted by atomic mass is 9.55. The van der Waals surface area contributed by atoms with Gasteiger partial charge in [0.1, 0.15) is 11.9 Å². The topological polar surface area (TPSA) is 21.3 Å². The van der Waals surface area contributed by atoms with Crippen molar-refractivity contribution in [3.63, 3.8) is 0 Å². The van der Waals surface area contributed by atoms with Crippen molar-refractivity contribution in [1.82, 2.24) is 5.32 Å². The fraction of sp³-hybridized carbons (Fsp3) is 0.625. The SMILES string of the molecule is CNC1CC(Oc2cc(Cl)cc(Cl)c2)C12CCCCC2. The van der Waals surface area contributed by atoms with Gasteiger partial charge in [-0.3, -0.25) is 0 Å². The molecule has 4 heteroatoms. The van der Waals surface area contributed by atoms with Crippen LogP contribution in [0.2, 0.25) is 10.0 Å². The summed E-state index contributed by atoms with van der Waals surface area (Å²) in [4.78, 5) is 0. The first-order valence-corrected chi connectivity index (χ1v) is 8.20. The summed E-state index contributed by atoms with van der Waals surface area (Å²) in [6.07, 6.45) is 7.86. The van der Waals surface area contributed by atoms with Crippen molar-refractivity contribution in [2.45, 2.75) is 50.7 Å². The Morgan fingerprint density at radius 2 is 1.75 bits per heavy atom. The molecule has 0 heterocycles. The molecule has 2 aliphatic rings. The second-order valence-electron chi connectivity index (χ2n) is 6.08. The molecule has 2 unspecified atom stereocenters. The van der Waals surface area contributed by atoms with Crippen LogP contribution in [0.25, 0.3) is 0 Å². The van der Waals surface area contributed by atoms with E-state index in [1.807, 2.05) is 12.1 Å². The van der Waals surface area contributed by atoms with Crippen LogP contribution in [0, 0.1) is 5.41 Å². The average Bonchev–Trinajstić information content (AvgIpc) is 2.43. The minimum Gasteiger partial charge on any atom is -0.490 e. The van der Waals surface area contributed by atoms with Gasteiger partial charge in [-0.05, 0) is 38.1 Å². The quantitative estimate of drug-likeness (QED) is 0.874. The first-order chi connectivity index (χ1) is 9.64. The molecule has 1 spiro atoms. The van der Waals surface area contributed by atoms with E-state index in [1.54, 1.807) is 6.07 Å². The largest absolute Gasteiger partial charge is 0.490 e. The fourth-order valence-electron chi connectivity index (χ4n) is 3.96. The first-order valence-electron chi connectivity index (χ1n) is 7.44. The highest BCUT2D eigenvalue weighted by molar-refractivity contribution is 6.34. The molecule has 0 amide bonds. The molecule has 3 rings (SSSR count). The van der Waals surface area contributed by atoms with Gasteiger partial charge in [0.25, 0.3) is 0 Å². The van der Waals surface area contributed by atoms with Crippen molar-refractivity contribution in [2.24, 2.45) is 5.41 Å². The van der Waals surface area contributed by atoms with Crippen LogP contribution >= 0.6 is 23.2 Å². The molecule has 20 heavy (non-hydrogen) atoms. The summed E-state index contributed by atoms with van der Waals surface area (Å²) in [6.45, 7) is 0. The summed E-state index contributed by atoms with van der Waals surface area (Å²) in [5.74, 6) is 0.798. The molecule has 0 saturated heterocycles. The zero-order chi connectivity index (χ0) is 14.2. The summed E-state index contributed by atoms with van der Waals surface area (Å²) in [5.41, 5.74) is 0.307.